The van der Waals surface area contributed by atoms with Gasteiger partial charge in [-0.3, -0.25) is 24.6 Å². The van der Waals surface area contributed by atoms with Crippen LogP contribution in [0.5, 0.6) is 0 Å². The molecule has 8 nitrogen and oxygen atoms in total. The Labute approximate surface area is 167 Å². The number of rotatable bonds is 7. The van der Waals surface area contributed by atoms with Crippen molar-refractivity contribution in [2.24, 2.45) is 0 Å². The van der Waals surface area contributed by atoms with Gasteiger partial charge in [0.15, 0.2) is 0 Å². The number of carbonyl (C=O) groups is 2. The number of benzene rings is 2. The standard InChI is InChI=1S/C19H21ClN4O4/c1-12-5-4-6-15(13(12)2)21-18(25)10-23(3)11-19(26)22-16-9-14(20)7-8-17(16)24(27)28/h4-9H,10-11H2,1-3H3,(H,21,25)(H,22,26). The average molecular weight is 405 g/mol. The molecule has 0 heterocycles. The Kier molecular flexibility index (Phi) is 7.08. The van der Waals surface area contributed by atoms with Crippen molar-refractivity contribution in [3.05, 3.63) is 62.7 Å². The molecule has 2 rings (SSSR count). The SMILES string of the molecule is Cc1cccc(NC(=O)CN(C)CC(=O)Nc2cc(Cl)ccc2[N+](=O)[O-])c1C. The number of nitro benzene ring substituents is 1. The first kappa shape index (κ1) is 21.3. The number of likely N-dealkylation sites (N-methyl/N-ethyl adjacent to an activating group) is 1. The van der Waals surface area contributed by atoms with Gasteiger partial charge in [-0.05, 0) is 50.2 Å². The summed E-state index contributed by atoms with van der Waals surface area (Å²) in [5, 5.41) is 16.6. The second kappa shape index (κ2) is 9.29. The van der Waals surface area contributed by atoms with Gasteiger partial charge in [0.05, 0.1) is 18.0 Å². The van der Waals surface area contributed by atoms with Gasteiger partial charge in [0.25, 0.3) is 5.69 Å². The van der Waals surface area contributed by atoms with E-state index in [1.807, 2.05) is 32.0 Å². The zero-order valence-electron chi connectivity index (χ0n) is 15.8. The van der Waals surface area contributed by atoms with Crippen molar-refractivity contribution < 1.29 is 14.5 Å². The topological polar surface area (TPSA) is 105 Å². The molecule has 2 N–H and O–H groups in total. The zero-order chi connectivity index (χ0) is 20.8. The van der Waals surface area contributed by atoms with Crippen LogP contribution in [0.1, 0.15) is 11.1 Å². The second-order valence-corrected chi connectivity index (χ2v) is 6.87. The molecule has 2 amide bonds. The van der Waals surface area contributed by atoms with Crippen molar-refractivity contribution in [3.63, 3.8) is 0 Å². The van der Waals surface area contributed by atoms with Crippen LogP contribution in [-0.4, -0.2) is 41.8 Å². The maximum atomic E-state index is 12.2. The minimum Gasteiger partial charge on any atom is -0.325 e. The van der Waals surface area contributed by atoms with Gasteiger partial charge in [-0.2, -0.15) is 0 Å². The Morgan fingerprint density at radius 3 is 2.29 bits per heavy atom. The van der Waals surface area contributed by atoms with Gasteiger partial charge in [0, 0.05) is 16.8 Å². The Morgan fingerprint density at radius 1 is 1.07 bits per heavy atom. The first-order chi connectivity index (χ1) is 13.2. The van der Waals surface area contributed by atoms with E-state index in [1.54, 1.807) is 7.05 Å². The Morgan fingerprint density at radius 2 is 1.68 bits per heavy atom. The minimum absolute atomic E-state index is 0.00994. The van der Waals surface area contributed by atoms with Crippen LogP contribution in [0, 0.1) is 24.0 Å². The van der Waals surface area contributed by atoms with Crippen molar-refractivity contribution in [2.45, 2.75) is 13.8 Å². The van der Waals surface area contributed by atoms with Crippen LogP contribution in [-0.2, 0) is 9.59 Å². The Balaban J connectivity index is 1.94. The van der Waals surface area contributed by atoms with Gasteiger partial charge in [-0.25, -0.2) is 0 Å². The van der Waals surface area contributed by atoms with Crippen molar-refractivity contribution >= 4 is 40.5 Å². The number of amides is 2. The second-order valence-electron chi connectivity index (χ2n) is 6.43. The molecule has 0 spiro atoms. The van der Waals surface area contributed by atoms with Crippen LogP contribution in [0.15, 0.2) is 36.4 Å². The molecule has 0 unspecified atom stereocenters. The molecule has 0 atom stereocenters. The average Bonchev–Trinajstić information content (AvgIpc) is 2.58. The van der Waals surface area contributed by atoms with E-state index in [9.17, 15) is 19.7 Å². The van der Waals surface area contributed by atoms with E-state index in [1.165, 1.54) is 23.1 Å². The van der Waals surface area contributed by atoms with Gasteiger partial charge in [0.2, 0.25) is 11.8 Å². The third-order valence-electron chi connectivity index (χ3n) is 4.14. The molecule has 0 bridgehead atoms. The zero-order valence-corrected chi connectivity index (χ0v) is 16.5. The molecule has 0 radical (unpaired) electrons. The number of anilines is 2. The lowest BCUT2D eigenvalue weighted by Crippen LogP contribution is -2.36. The molecule has 148 valence electrons. The fraction of sp³-hybridized carbons (Fsp3) is 0.263. The van der Waals surface area contributed by atoms with Gasteiger partial charge < -0.3 is 10.6 Å². The summed E-state index contributed by atoms with van der Waals surface area (Å²) >= 11 is 5.84. The maximum absolute atomic E-state index is 12.2. The van der Waals surface area contributed by atoms with E-state index < -0.39 is 10.8 Å². The van der Waals surface area contributed by atoms with E-state index in [0.29, 0.717) is 0 Å². The lowest BCUT2D eigenvalue weighted by atomic mass is 10.1. The van der Waals surface area contributed by atoms with Crippen LogP contribution < -0.4 is 10.6 Å². The van der Waals surface area contributed by atoms with Crippen molar-refractivity contribution in [1.82, 2.24) is 4.90 Å². The van der Waals surface area contributed by atoms with E-state index >= 15 is 0 Å². The molecule has 0 aliphatic carbocycles. The third kappa shape index (κ3) is 5.77. The van der Waals surface area contributed by atoms with Gasteiger partial charge in [0.1, 0.15) is 5.69 Å². The van der Waals surface area contributed by atoms with Gasteiger partial charge >= 0.3 is 0 Å². The summed E-state index contributed by atoms with van der Waals surface area (Å²) in [7, 11) is 1.61. The molecule has 28 heavy (non-hydrogen) atoms. The Bertz CT molecular complexity index is 917. The largest absolute Gasteiger partial charge is 0.325 e. The maximum Gasteiger partial charge on any atom is 0.292 e. The molecule has 0 aromatic heterocycles. The fourth-order valence-corrected chi connectivity index (χ4v) is 2.75. The molecule has 0 fully saturated rings. The number of aryl methyl sites for hydroxylation is 1. The van der Waals surface area contributed by atoms with E-state index in [4.69, 9.17) is 11.6 Å². The molecule has 0 aliphatic heterocycles. The normalized spacial score (nSPS) is 10.6. The quantitative estimate of drug-likeness (QED) is 0.543. The summed E-state index contributed by atoms with van der Waals surface area (Å²) in [6.07, 6.45) is 0. The summed E-state index contributed by atoms with van der Waals surface area (Å²) < 4.78 is 0. The van der Waals surface area contributed by atoms with E-state index in [-0.39, 0.29) is 35.4 Å². The predicted octanol–water partition coefficient (Wildman–Crippen LogP) is 3.37. The van der Waals surface area contributed by atoms with Crippen LogP contribution in [0.25, 0.3) is 0 Å². The number of nitrogens with one attached hydrogen (secondary N) is 2. The number of halogens is 1. The van der Waals surface area contributed by atoms with Crippen LogP contribution in [0.2, 0.25) is 5.02 Å². The van der Waals surface area contributed by atoms with Crippen LogP contribution >= 0.6 is 11.6 Å². The lowest BCUT2D eigenvalue weighted by Gasteiger charge is -2.17. The summed E-state index contributed by atoms with van der Waals surface area (Å²) in [6.45, 7) is 3.73. The molecular weight excluding hydrogens is 384 g/mol. The van der Waals surface area contributed by atoms with Gasteiger partial charge in [-0.15, -0.1) is 0 Å². The van der Waals surface area contributed by atoms with Crippen molar-refractivity contribution in [3.8, 4) is 0 Å². The number of nitrogens with zero attached hydrogens (tertiary/aromatic N) is 2. The first-order valence-electron chi connectivity index (χ1n) is 8.45. The summed E-state index contributed by atoms with van der Waals surface area (Å²) in [4.78, 5) is 36.4. The molecular formula is C19H21ClN4O4. The monoisotopic (exact) mass is 404 g/mol. The van der Waals surface area contributed by atoms with E-state index in [0.717, 1.165) is 16.8 Å². The van der Waals surface area contributed by atoms with E-state index in [2.05, 4.69) is 10.6 Å². The molecule has 9 heteroatoms. The minimum atomic E-state index is -0.604. The highest BCUT2D eigenvalue weighted by Gasteiger charge is 2.18. The molecule has 2 aromatic carbocycles. The molecule has 0 aliphatic rings. The Hall–Kier alpha value is -2.97. The van der Waals surface area contributed by atoms with Crippen molar-refractivity contribution in [1.29, 1.82) is 0 Å². The summed E-state index contributed by atoms with van der Waals surface area (Å²) in [6, 6.07) is 9.53. The summed E-state index contributed by atoms with van der Waals surface area (Å²) in [5.74, 6) is -0.759. The van der Waals surface area contributed by atoms with Gasteiger partial charge in [-0.1, -0.05) is 23.7 Å². The highest BCUT2D eigenvalue weighted by Crippen LogP contribution is 2.27. The molecule has 0 saturated carbocycles. The molecule has 2 aromatic rings. The summed E-state index contributed by atoms with van der Waals surface area (Å²) in [5.41, 5.74) is 2.51. The number of hydrogen-bond donors (Lipinski definition) is 2. The predicted molar refractivity (Wildman–Crippen MR) is 109 cm³/mol. The third-order valence-corrected chi connectivity index (χ3v) is 4.37. The number of hydrogen-bond acceptors (Lipinski definition) is 5. The highest BCUT2D eigenvalue weighted by molar-refractivity contribution is 6.31. The fourth-order valence-electron chi connectivity index (χ4n) is 2.58. The van der Waals surface area contributed by atoms with Crippen LogP contribution in [0.4, 0.5) is 17.1 Å². The lowest BCUT2D eigenvalue weighted by molar-refractivity contribution is -0.383. The first-order valence-corrected chi connectivity index (χ1v) is 8.83. The highest BCUT2D eigenvalue weighted by atomic mass is 35.5. The van der Waals surface area contributed by atoms with Crippen molar-refractivity contribution in [2.75, 3.05) is 30.8 Å². The number of carbonyl (C=O) groups excluding carboxylic acids is 2. The molecule has 0 saturated heterocycles. The smallest absolute Gasteiger partial charge is 0.292 e. The van der Waals surface area contributed by atoms with Crippen LogP contribution in [0.3, 0.4) is 0 Å². The number of nitro groups is 1.